The molecule has 7 heteroatoms. The molecule has 1 aliphatic heterocycles. The van der Waals surface area contributed by atoms with E-state index in [0.29, 0.717) is 12.5 Å². The fraction of sp³-hybridized carbons (Fsp3) is 0.435. The number of hydrogen-bond acceptors (Lipinski definition) is 4. The van der Waals surface area contributed by atoms with Crippen molar-refractivity contribution >= 4 is 24.9 Å². The van der Waals surface area contributed by atoms with Crippen LogP contribution in [0.3, 0.4) is 0 Å². The molecule has 1 fully saturated rings. The van der Waals surface area contributed by atoms with Crippen LogP contribution in [0, 0.1) is 0 Å². The lowest BCUT2D eigenvalue weighted by Crippen LogP contribution is -2.44. The molecule has 1 aliphatic rings. The fourth-order valence-electron chi connectivity index (χ4n) is 3.58. The average Bonchev–Trinajstić information content (AvgIpc) is 2.78. The van der Waals surface area contributed by atoms with Crippen molar-refractivity contribution in [2.75, 3.05) is 31.6 Å². The summed E-state index contributed by atoms with van der Waals surface area (Å²) in [6, 6.07) is 17.9. The van der Waals surface area contributed by atoms with Gasteiger partial charge >= 0.3 is 7.60 Å². The first kappa shape index (κ1) is 24.3. The minimum atomic E-state index is -4.17. The third-order valence-corrected chi connectivity index (χ3v) is 6.35. The van der Waals surface area contributed by atoms with Crippen LogP contribution in [0.2, 0.25) is 0 Å². The highest BCUT2D eigenvalue weighted by molar-refractivity contribution is 7.60. The number of aldehydes is 1. The maximum absolute atomic E-state index is 11.4. The number of nitrogens with zero attached hydrogens (tertiary/aromatic N) is 2. The predicted octanol–water partition coefficient (Wildman–Crippen LogP) is 3.23. The van der Waals surface area contributed by atoms with Crippen LogP contribution >= 0.6 is 7.60 Å². The normalized spacial score (nSPS) is 15.2. The summed E-state index contributed by atoms with van der Waals surface area (Å²) < 4.78 is 11.4. The number of anilines is 1. The summed E-state index contributed by atoms with van der Waals surface area (Å²) in [5.74, 6) is 0. The van der Waals surface area contributed by atoms with Crippen LogP contribution in [0.5, 0.6) is 0 Å². The van der Waals surface area contributed by atoms with E-state index in [9.17, 15) is 19.1 Å². The Morgan fingerprint density at radius 3 is 2.30 bits per heavy atom. The van der Waals surface area contributed by atoms with Crippen molar-refractivity contribution in [3.8, 4) is 0 Å². The molecular weight excluding hydrogens is 399 g/mol. The summed E-state index contributed by atoms with van der Waals surface area (Å²) in [5.41, 5.74) is 2.24. The van der Waals surface area contributed by atoms with Crippen LogP contribution in [-0.2, 0) is 15.8 Å². The van der Waals surface area contributed by atoms with E-state index in [2.05, 4.69) is 41.1 Å². The number of hydrogen-bond donors (Lipinski definition) is 2. The Labute approximate surface area is 179 Å². The van der Waals surface area contributed by atoms with Gasteiger partial charge < -0.3 is 24.4 Å². The van der Waals surface area contributed by atoms with Crippen molar-refractivity contribution in [3.63, 3.8) is 0 Å². The van der Waals surface area contributed by atoms with Gasteiger partial charge in [0.1, 0.15) is 6.29 Å². The molecule has 0 unspecified atom stereocenters. The van der Waals surface area contributed by atoms with E-state index in [1.807, 2.05) is 19.1 Å². The second-order valence-electron chi connectivity index (χ2n) is 7.56. The second-order valence-corrected chi connectivity index (χ2v) is 9.16. The van der Waals surface area contributed by atoms with E-state index in [4.69, 9.17) is 0 Å². The smallest absolute Gasteiger partial charge is 0.356 e. The Morgan fingerprint density at radius 1 is 1.10 bits per heavy atom. The molecule has 1 saturated heterocycles. The van der Waals surface area contributed by atoms with Gasteiger partial charge in [-0.05, 0) is 49.1 Å². The number of para-hydroxylation sites is 1. The molecule has 3 rings (SSSR count). The van der Waals surface area contributed by atoms with Gasteiger partial charge in [0.25, 0.3) is 0 Å². The number of rotatable bonds is 7. The molecular formula is C23H33N2O4P. The molecule has 1 heterocycles. The van der Waals surface area contributed by atoms with Gasteiger partial charge in [0, 0.05) is 44.8 Å². The van der Waals surface area contributed by atoms with Crippen molar-refractivity contribution in [1.29, 1.82) is 0 Å². The molecule has 164 valence electrons. The van der Waals surface area contributed by atoms with Crippen molar-refractivity contribution in [2.45, 2.75) is 38.6 Å². The zero-order valence-corrected chi connectivity index (χ0v) is 18.7. The van der Waals surface area contributed by atoms with Crippen molar-refractivity contribution in [1.82, 2.24) is 4.90 Å². The zero-order chi connectivity index (χ0) is 22.0. The number of carbonyl (C=O) groups is 1. The van der Waals surface area contributed by atoms with Gasteiger partial charge in [-0.1, -0.05) is 37.3 Å². The maximum atomic E-state index is 11.4. The summed E-state index contributed by atoms with van der Waals surface area (Å²) in [6.45, 7) is 4.85. The molecule has 0 aliphatic carbocycles. The Morgan fingerprint density at radius 2 is 1.73 bits per heavy atom. The third kappa shape index (κ3) is 7.69. The molecule has 0 radical (unpaired) electrons. The van der Waals surface area contributed by atoms with E-state index in [0.717, 1.165) is 50.7 Å². The first-order valence-electron chi connectivity index (χ1n) is 10.4. The maximum Gasteiger partial charge on any atom is 0.356 e. The second kappa shape index (κ2) is 12.0. The molecule has 2 aromatic rings. The van der Waals surface area contributed by atoms with Gasteiger partial charge in [-0.25, -0.2) is 0 Å². The van der Waals surface area contributed by atoms with Crippen LogP contribution in [0.1, 0.15) is 31.7 Å². The minimum absolute atomic E-state index is 0.109. The SMILES string of the molecule is CCC=O.CN(c1ccccc1)C1CCN(CCc2cccc(P(=O)(O)O)c2)CC1. The van der Waals surface area contributed by atoms with Gasteiger partial charge in [-0.3, -0.25) is 4.57 Å². The number of carbonyl (C=O) groups excluding carboxylic acids is 1. The molecule has 0 spiro atoms. The molecule has 0 bridgehead atoms. The van der Waals surface area contributed by atoms with Crippen LogP contribution in [0.15, 0.2) is 54.6 Å². The Bertz CT molecular complexity index is 817. The quantitative estimate of drug-likeness (QED) is 0.517. The Hall–Kier alpha value is -1.98. The first-order valence-corrected chi connectivity index (χ1v) is 12.0. The number of piperidine rings is 1. The average molecular weight is 433 g/mol. The van der Waals surface area contributed by atoms with Crippen molar-refractivity contribution < 1.29 is 19.1 Å². The summed E-state index contributed by atoms with van der Waals surface area (Å²) >= 11 is 0. The number of likely N-dealkylation sites (tertiary alicyclic amines) is 1. The van der Waals surface area contributed by atoms with Crippen molar-refractivity contribution in [3.05, 3.63) is 60.2 Å². The molecule has 0 aromatic heterocycles. The fourth-order valence-corrected chi connectivity index (χ4v) is 4.20. The van der Waals surface area contributed by atoms with Crippen LogP contribution in [-0.4, -0.2) is 53.7 Å². The first-order chi connectivity index (χ1) is 14.3. The lowest BCUT2D eigenvalue weighted by atomic mass is 10.0. The van der Waals surface area contributed by atoms with E-state index < -0.39 is 7.60 Å². The summed E-state index contributed by atoms with van der Waals surface area (Å²) in [5, 5.41) is 0.109. The summed E-state index contributed by atoms with van der Waals surface area (Å²) in [7, 11) is -2.00. The highest BCUT2D eigenvalue weighted by Crippen LogP contribution is 2.33. The summed E-state index contributed by atoms with van der Waals surface area (Å²) in [6.07, 6.45) is 4.59. The molecule has 30 heavy (non-hydrogen) atoms. The topological polar surface area (TPSA) is 81.1 Å². The van der Waals surface area contributed by atoms with Gasteiger partial charge in [-0.15, -0.1) is 0 Å². The van der Waals surface area contributed by atoms with Gasteiger partial charge in [0.15, 0.2) is 0 Å². The van der Waals surface area contributed by atoms with E-state index >= 15 is 0 Å². The molecule has 2 aromatic carbocycles. The lowest BCUT2D eigenvalue weighted by Gasteiger charge is -2.38. The molecule has 0 amide bonds. The van der Waals surface area contributed by atoms with Gasteiger partial charge in [0.05, 0.1) is 5.30 Å². The highest BCUT2D eigenvalue weighted by Gasteiger charge is 2.22. The Kier molecular flexibility index (Phi) is 9.73. The van der Waals surface area contributed by atoms with Crippen LogP contribution in [0.25, 0.3) is 0 Å². The van der Waals surface area contributed by atoms with Crippen LogP contribution < -0.4 is 10.2 Å². The molecule has 2 N–H and O–H groups in total. The molecule has 0 atom stereocenters. The largest absolute Gasteiger partial charge is 0.372 e. The zero-order valence-electron chi connectivity index (χ0n) is 17.9. The highest BCUT2D eigenvalue weighted by atomic mass is 31.2. The third-order valence-electron chi connectivity index (χ3n) is 5.40. The van der Waals surface area contributed by atoms with E-state index in [-0.39, 0.29) is 5.30 Å². The van der Waals surface area contributed by atoms with Crippen molar-refractivity contribution in [2.24, 2.45) is 0 Å². The van der Waals surface area contributed by atoms with Gasteiger partial charge in [-0.2, -0.15) is 0 Å². The monoisotopic (exact) mass is 432 g/mol. The summed E-state index contributed by atoms with van der Waals surface area (Å²) in [4.78, 5) is 32.6. The van der Waals surface area contributed by atoms with Gasteiger partial charge in [0.2, 0.25) is 0 Å². The minimum Gasteiger partial charge on any atom is -0.372 e. The standard InChI is InChI=1S/C20H27N2O3P.C3H6O/c1-21(18-7-3-2-4-8-18)19-11-14-22(15-12-19)13-10-17-6-5-9-20(16-17)26(23,24)25;1-2-3-4/h2-9,16,19H,10-15H2,1H3,(H2,23,24,25);3H,2H2,1H3. The lowest BCUT2D eigenvalue weighted by molar-refractivity contribution is -0.107. The van der Waals surface area contributed by atoms with Crippen LogP contribution in [0.4, 0.5) is 5.69 Å². The van der Waals surface area contributed by atoms with E-state index in [1.165, 1.54) is 11.8 Å². The number of benzene rings is 2. The Balaban J connectivity index is 0.000000735. The molecule has 6 nitrogen and oxygen atoms in total. The predicted molar refractivity (Wildman–Crippen MR) is 122 cm³/mol. The molecule has 0 saturated carbocycles. The van der Waals surface area contributed by atoms with E-state index in [1.54, 1.807) is 12.1 Å².